The minimum Gasteiger partial charge on any atom is -0.232 e. The lowest BCUT2D eigenvalue weighted by molar-refractivity contribution is 0.144. The van der Waals surface area contributed by atoms with Gasteiger partial charge in [0, 0.05) is 15.2 Å². The van der Waals surface area contributed by atoms with Gasteiger partial charge in [-0.3, -0.25) is 0 Å². The predicted molar refractivity (Wildman–Crippen MR) is 62.6 cm³/mol. The Morgan fingerprint density at radius 3 is 2.47 bits per heavy atom. The third-order valence-corrected chi connectivity index (χ3v) is 4.40. The zero-order chi connectivity index (χ0) is 11.8. The molecule has 0 aromatic carbocycles. The number of halogens is 5. The lowest BCUT2D eigenvalue weighted by Crippen LogP contribution is -2.03. The van der Waals surface area contributed by atoms with Crippen LogP contribution in [0.5, 0.6) is 0 Å². The topological polar surface area (TPSA) is 47.0 Å². The molecule has 3 nitrogen and oxygen atoms in total. The Kier molecular flexibility index (Phi) is 4.29. The highest BCUT2D eigenvalue weighted by Crippen LogP contribution is 2.30. The van der Waals surface area contributed by atoms with Crippen LogP contribution < -0.4 is 0 Å². The molecule has 0 aliphatic rings. The number of alkyl halides is 2. The maximum Gasteiger partial charge on any atom is 0.281 e. The summed E-state index contributed by atoms with van der Waals surface area (Å²) in [6.45, 7) is 0. The molecule has 0 spiro atoms. The third-order valence-electron chi connectivity index (χ3n) is 1.36. The van der Waals surface area contributed by atoms with E-state index in [1.54, 1.807) is 22.6 Å². The summed E-state index contributed by atoms with van der Waals surface area (Å²) in [5.74, 6) is 0. The summed E-state index contributed by atoms with van der Waals surface area (Å²) in [5, 5.41) is -0.553. The summed E-state index contributed by atoms with van der Waals surface area (Å²) < 4.78 is 47.0. The van der Waals surface area contributed by atoms with Crippen LogP contribution in [0.3, 0.4) is 0 Å². The first-order chi connectivity index (χ1) is 6.73. The summed E-state index contributed by atoms with van der Waals surface area (Å²) in [4.78, 5) is 3.32. The normalized spacial score (nSPS) is 12.1. The van der Waals surface area contributed by atoms with Crippen LogP contribution in [0.2, 0.25) is 0 Å². The van der Waals surface area contributed by atoms with Crippen molar-refractivity contribution in [3.63, 3.8) is 0 Å². The third kappa shape index (κ3) is 3.21. The summed E-state index contributed by atoms with van der Waals surface area (Å²) in [6, 6.07) is 1.23. The molecule has 1 rings (SSSR count). The van der Waals surface area contributed by atoms with Crippen LogP contribution in [0, 0.1) is 3.57 Å². The molecule has 0 aliphatic heterocycles. The van der Waals surface area contributed by atoms with E-state index in [1.807, 2.05) is 0 Å². The summed E-state index contributed by atoms with van der Waals surface area (Å²) in [5.41, 5.74) is -0.644. The van der Waals surface area contributed by atoms with Crippen LogP contribution in [0.4, 0.5) is 8.78 Å². The Labute approximate surface area is 111 Å². The highest BCUT2D eigenvalue weighted by Gasteiger charge is 2.22. The highest BCUT2D eigenvalue weighted by molar-refractivity contribution is 14.1. The zero-order valence-corrected chi connectivity index (χ0v) is 12.0. The number of rotatable bonds is 2. The molecule has 9 heteroatoms. The van der Waals surface area contributed by atoms with E-state index in [9.17, 15) is 17.2 Å². The molecular formula is C6H2BrClF2INO2S. The Balaban J connectivity index is 3.50. The monoisotopic (exact) mass is 431 g/mol. The first-order valence-electron chi connectivity index (χ1n) is 3.32. The van der Waals surface area contributed by atoms with Gasteiger partial charge in [0.25, 0.3) is 15.5 Å². The van der Waals surface area contributed by atoms with Crippen LogP contribution in [0.15, 0.2) is 15.6 Å². The van der Waals surface area contributed by atoms with Crippen molar-refractivity contribution in [3.8, 4) is 0 Å². The van der Waals surface area contributed by atoms with Crippen molar-refractivity contribution in [2.45, 2.75) is 11.5 Å². The number of hydrogen-bond acceptors (Lipinski definition) is 3. The van der Waals surface area contributed by atoms with E-state index in [-0.39, 0.29) is 8.04 Å². The SMILES string of the molecule is O=S(=O)(Cl)c1nc(C(F)F)c(Br)cc1I. The van der Waals surface area contributed by atoms with Crippen molar-refractivity contribution in [1.82, 2.24) is 4.98 Å². The molecule has 1 heterocycles. The Hall–Kier alpha value is 0.460. The molecule has 0 fully saturated rings. The van der Waals surface area contributed by atoms with E-state index in [0.717, 1.165) is 0 Å². The minimum atomic E-state index is -4.11. The average molecular weight is 432 g/mol. The molecule has 0 saturated carbocycles. The maximum atomic E-state index is 12.4. The molecule has 0 amide bonds. The van der Waals surface area contributed by atoms with E-state index < -0.39 is 26.2 Å². The lowest BCUT2D eigenvalue weighted by Gasteiger charge is -2.06. The Morgan fingerprint density at radius 2 is 2.07 bits per heavy atom. The molecule has 0 aliphatic carbocycles. The standard InChI is InChI=1S/C6H2BrClF2INO2S/c7-2-1-3(11)6(15(8,13)14)12-4(2)5(9)10/h1,5H. The summed E-state index contributed by atoms with van der Waals surface area (Å²) in [7, 11) is 0.931. The van der Waals surface area contributed by atoms with E-state index in [1.165, 1.54) is 6.07 Å². The van der Waals surface area contributed by atoms with Gasteiger partial charge in [-0.15, -0.1) is 0 Å². The van der Waals surface area contributed by atoms with Crippen molar-refractivity contribution in [2.75, 3.05) is 0 Å². The van der Waals surface area contributed by atoms with Gasteiger partial charge < -0.3 is 0 Å². The van der Waals surface area contributed by atoms with Crippen molar-refractivity contribution >= 4 is 58.3 Å². The maximum absolute atomic E-state index is 12.4. The van der Waals surface area contributed by atoms with Crippen molar-refractivity contribution in [3.05, 3.63) is 19.8 Å². The molecule has 15 heavy (non-hydrogen) atoms. The van der Waals surface area contributed by atoms with Gasteiger partial charge in [0.1, 0.15) is 5.69 Å². The average Bonchev–Trinajstić information content (AvgIpc) is 2.00. The van der Waals surface area contributed by atoms with Crippen LogP contribution in [0.25, 0.3) is 0 Å². The van der Waals surface area contributed by atoms with Gasteiger partial charge in [-0.2, -0.15) is 0 Å². The van der Waals surface area contributed by atoms with Gasteiger partial charge in [-0.05, 0) is 44.6 Å². The van der Waals surface area contributed by atoms with E-state index in [0.29, 0.717) is 0 Å². The van der Waals surface area contributed by atoms with E-state index >= 15 is 0 Å². The largest absolute Gasteiger partial charge is 0.281 e. The van der Waals surface area contributed by atoms with Crippen molar-refractivity contribution < 1.29 is 17.2 Å². The van der Waals surface area contributed by atoms with Crippen molar-refractivity contribution in [2.24, 2.45) is 0 Å². The molecule has 0 radical (unpaired) electrons. The second-order valence-electron chi connectivity index (χ2n) is 2.38. The minimum absolute atomic E-state index is 0.0472. The Bertz CT molecular complexity index is 496. The molecule has 0 saturated heterocycles. The van der Waals surface area contributed by atoms with Crippen LogP contribution in [-0.4, -0.2) is 13.4 Å². The second-order valence-corrected chi connectivity index (χ2v) is 6.88. The molecule has 0 unspecified atom stereocenters. The van der Waals surface area contributed by atoms with Gasteiger partial charge >= 0.3 is 0 Å². The van der Waals surface area contributed by atoms with Gasteiger partial charge in [0.15, 0.2) is 5.03 Å². The zero-order valence-electron chi connectivity index (χ0n) is 6.72. The lowest BCUT2D eigenvalue weighted by atomic mass is 10.4. The molecule has 0 bridgehead atoms. The molecule has 1 aromatic rings. The summed E-state index contributed by atoms with van der Waals surface area (Å²) >= 11 is 4.51. The van der Waals surface area contributed by atoms with Crippen LogP contribution >= 0.6 is 49.2 Å². The highest BCUT2D eigenvalue weighted by atomic mass is 127. The second kappa shape index (κ2) is 4.76. The van der Waals surface area contributed by atoms with Gasteiger partial charge in [-0.1, -0.05) is 0 Å². The van der Waals surface area contributed by atoms with Crippen molar-refractivity contribution in [1.29, 1.82) is 0 Å². The number of aromatic nitrogens is 1. The summed E-state index contributed by atoms with van der Waals surface area (Å²) in [6.07, 6.45) is -2.87. The number of pyridine rings is 1. The molecule has 1 aromatic heterocycles. The molecule has 0 N–H and O–H groups in total. The quantitative estimate of drug-likeness (QED) is 0.532. The fourth-order valence-electron chi connectivity index (χ4n) is 0.787. The van der Waals surface area contributed by atoms with Crippen LogP contribution in [-0.2, 0) is 9.05 Å². The van der Waals surface area contributed by atoms with Crippen LogP contribution in [0.1, 0.15) is 12.1 Å². The number of nitrogens with zero attached hydrogens (tertiary/aromatic N) is 1. The van der Waals surface area contributed by atoms with E-state index in [2.05, 4.69) is 20.9 Å². The van der Waals surface area contributed by atoms with E-state index in [4.69, 9.17) is 10.7 Å². The fourth-order valence-corrected chi connectivity index (χ4v) is 4.25. The predicted octanol–water partition coefficient (Wildman–Crippen LogP) is 3.31. The first kappa shape index (κ1) is 13.5. The van der Waals surface area contributed by atoms with Gasteiger partial charge in [-0.25, -0.2) is 22.2 Å². The molecule has 0 atom stereocenters. The Morgan fingerprint density at radius 1 is 1.53 bits per heavy atom. The first-order valence-corrected chi connectivity index (χ1v) is 7.50. The number of hydrogen-bond donors (Lipinski definition) is 0. The van der Waals surface area contributed by atoms with Gasteiger partial charge in [0.05, 0.1) is 3.57 Å². The fraction of sp³-hybridized carbons (Fsp3) is 0.167. The molecule has 84 valence electrons. The molecular weight excluding hydrogens is 430 g/mol. The van der Waals surface area contributed by atoms with Gasteiger partial charge in [0.2, 0.25) is 0 Å². The smallest absolute Gasteiger partial charge is 0.232 e.